The predicted molar refractivity (Wildman–Crippen MR) is 70.0 cm³/mol. The Labute approximate surface area is 123 Å². The van der Waals surface area contributed by atoms with Crippen molar-refractivity contribution in [3.63, 3.8) is 0 Å². The number of nitrogens with zero attached hydrogens (tertiary/aromatic N) is 1. The highest BCUT2D eigenvalue weighted by Gasteiger charge is 2.45. The summed E-state index contributed by atoms with van der Waals surface area (Å²) in [6.07, 6.45) is -5.58. The molecule has 1 unspecified atom stereocenters. The van der Waals surface area contributed by atoms with Crippen molar-refractivity contribution in [3.8, 4) is 5.75 Å². The first-order valence-electron chi connectivity index (χ1n) is 6.02. The largest absolute Gasteiger partial charge is 0.487 e. The lowest BCUT2D eigenvalue weighted by Crippen LogP contribution is -2.48. The van der Waals surface area contributed by atoms with Crippen molar-refractivity contribution >= 4 is 29.0 Å². The van der Waals surface area contributed by atoms with Crippen LogP contribution in [0.15, 0.2) is 18.2 Å². The summed E-state index contributed by atoms with van der Waals surface area (Å²) in [5.41, 5.74) is 0.0493. The molecule has 8 heteroatoms. The van der Waals surface area contributed by atoms with E-state index in [0.717, 1.165) is 0 Å². The molecule has 2 rings (SSSR count). The van der Waals surface area contributed by atoms with Crippen LogP contribution >= 0.6 is 11.6 Å². The average molecular weight is 322 g/mol. The fraction of sp³-hybridized carbons (Fsp3) is 0.385. The Bertz CT molecular complexity index is 589. The molecule has 4 nitrogen and oxygen atoms in total. The van der Waals surface area contributed by atoms with E-state index in [1.807, 2.05) is 0 Å². The number of Topliss-reactive ketones (excluding diaryl/α,β-unsaturated/α-hetero) is 1. The van der Waals surface area contributed by atoms with Gasteiger partial charge in [-0.05, 0) is 25.1 Å². The number of fused-ring (bicyclic) bond motifs is 1. The number of hydrogen-bond acceptors (Lipinski definition) is 3. The van der Waals surface area contributed by atoms with Crippen molar-refractivity contribution in [3.05, 3.63) is 23.8 Å². The van der Waals surface area contributed by atoms with Gasteiger partial charge in [0, 0.05) is 5.56 Å². The first-order chi connectivity index (χ1) is 9.74. The van der Waals surface area contributed by atoms with E-state index in [1.165, 1.54) is 18.2 Å². The Morgan fingerprint density at radius 1 is 1.43 bits per heavy atom. The molecule has 0 spiro atoms. The normalized spacial score (nSPS) is 18.0. The van der Waals surface area contributed by atoms with Crippen molar-refractivity contribution in [2.45, 2.75) is 19.2 Å². The monoisotopic (exact) mass is 321 g/mol. The molecule has 21 heavy (non-hydrogen) atoms. The highest BCUT2D eigenvalue weighted by Crippen LogP contribution is 2.36. The van der Waals surface area contributed by atoms with Crippen LogP contribution < -0.4 is 9.64 Å². The molecule has 0 aliphatic carbocycles. The van der Waals surface area contributed by atoms with Gasteiger partial charge < -0.3 is 4.74 Å². The van der Waals surface area contributed by atoms with Gasteiger partial charge >= 0.3 is 12.1 Å². The Hall–Kier alpha value is -1.76. The van der Waals surface area contributed by atoms with Gasteiger partial charge in [-0.1, -0.05) is 0 Å². The van der Waals surface area contributed by atoms with E-state index in [2.05, 4.69) is 0 Å². The number of halogens is 4. The summed E-state index contributed by atoms with van der Waals surface area (Å²) in [4.78, 5) is 23.6. The van der Waals surface area contributed by atoms with E-state index in [4.69, 9.17) is 16.3 Å². The zero-order valence-electron chi connectivity index (χ0n) is 10.9. The SMILES string of the molecule is CC1CN(C(=O)C(F)(F)F)c2cc(C(=O)CCl)ccc2O1. The first-order valence-corrected chi connectivity index (χ1v) is 6.56. The van der Waals surface area contributed by atoms with Gasteiger partial charge in [-0.3, -0.25) is 14.5 Å². The van der Waals surface area contributed by atoms with Crippen LogP contribution in [-0.4, -0.2) is 36.4 Å². The van der Waals surface area contributed by atoms with Crippen LogP contribution in [0.5, 0.6) is 5.75 Å². The Kier molecular flexibility index (Phi) is 4.13. The summed E-state index contributed by atoms with van der Waals surface area (Å²) < 4.78 is 43.4. The minimum atomic E-state index is -5.00. The quantitative estimate of drug-likeness (QED) is 0.621. The fourth-order valence-corrected chi connectivity index (χ4v) is 2.19. The molecule has 1 aliphatic heterocycles. The van der Waals surface area contributed by atoms with Crippen LogP contribution in [0.25, 0.3) is 0 Å². The number of hydrogen-bond donors (Lipinski definition) is 0. The van der Waals surface area contributed by atoms with Crippen molar-refractivity contribution < 1.29 is 27.5 Å². The molecular weight excluding hydrogens is 311 g/mol. The number of amides is 1. The molecule has 1 atom stereocenters. The maximum Gasteiger partial charge on any atom is 0.471 e. The Morgan fingerprint density at radius 2 is 2.10 bits per heavy atom. The van der Waals surface area contributed by atoms with Crippen molar-refractivity contribution in [1.82, 2.24) is 0 Å². The minimum absolute atomic E-state index is 0.0774. The molecular formula is C13H11ClF3NO3. The summed E-state index contributed by atoms with van der Waals surface area (Å²) >= 11 is 5.42. The van der Waals surface area contributed by atoms with E-state index < -0.39 is 24.0 Å². The lowest BCUT2D eigenvalue weighted by molar-refractivity contribution is -0.170. The van der Waals surface area contributed by atoms with Gasteiger partial charge in [-0.25, -0.2) is 0 Å². The molecule has 0 saturated heterocycles. The number of rotatable bonds is 2. The standard InChI is InChI=1S/C13H11ClF3NO3/c1-7-6-18(12(20)13(15,16)17)9-4-8(10(19)5-14)2-3-11(9)21-7/h2-4,7H,5-6H2,1H3. The van der Waals surface area contributed by atoms with Gasteiger partial charge in [0.25, 0.3) is 0 Å². The number of ketones is 1. The van der Waals surface area contributed by atoms with Gasteiger partial charge in [0.15, 0.2) is 5.78 Å². The van der Waals surface area contributed by atoms with Crippen LogP contribution in [0.3, 0.4) is 0 Å². The van der Waals surface area contributed by atoms with E-state index in [-0.39, 0.29) is 29.4 Å². The number of ether oxygens (including phenoxy) is 1. The highest BCUT2D eigenvalue weighted by atomic mass is 35.5. The Balaban J connectivity index is 2.47. The average Bonchev–Trinajstić information content (AvgIpc) is 2.43. The molecule has 114 valence electrons. The van der Waals surface area contributed by atoms with Crippen molar-refractivity contribution in [2.24, 2.45) is 0 Å². The number of anilines is 1. The van der Waals surface area contributed by atoms with Gasteiger partial charge in [0.05, 0.1) is 18.1 Å². The zero-order chi connectivity index (χ0) is 15.8. The predicted octanol–water partition coefficient (Wildman–Crippen LogP) is 2.78. The minimum Gasteiger partial charge on any atom is -0.487 e. The van der Waals surface area contributed by atoms with E-state index in [9.17, 15) is 22.8 Å². The molecule has 0 saturated carbocycles. The zero-order valence-corrected chi connectivity index (χ0v) is 11.7. The number of alkyl halides is 4. The smallest absolute Gasteiger partial charge is 0.471 e. The summed E-state index contributed by atoms with van der Waals surface area (Å²) in [7, 11) is 0. The van der Waals surface area contributed by atoms with Crippen LogP contribution in [0.1, 0.15) is 17.3 Å². The molecule has 0 bridgehead atoms. The second-order valence-electron chi connectivity index (χ2n) is 4.58. The molecule has 1 aromatic carbocycles. The lowest BCUT2D eigenvalue weighted by atomic mass is 10.1. The molecule has 1 aromatic rings. The Morgan fingerprint density at radius 3 is 2.67 bits per heavy atom. The molecule has 1 aliphatic rings. The van der Waals surface area contributed by atoms with Crippen molar-refractivity contribution in [2.75, 3.05) is 17.3 Å². The lowest BCUT2D eigenvalue weighted by Gasteiger charge is -2.34. The van der Waals surface area contributed by atoms with Gasteiger partial charge in [-0.2, -0.15) is 13.2 Å². The van der Waals surface area contributed by atoms with Crippen molar-refractivity contribution in [1.29, 1.82) is 0 Å². The maximum absolute atomic E-state index is 12.7. The van der Waals surface area contributed by atoms with E-state index in [1.54, 1.807) is 6.92 Å². The van der Waals surface area contributed by atoms with Gasteiger partial charge in [-0.15, -0.1) is 11.6 Å². The molecule has 0 aromatic heterocycles. The third-order valence-corrected chi connectivity index (χ3v) is 3.19. The number of carbonyl (C=O) groups excluding carboxylic acids is 2. The molecule has 0 N–H and O–H groups in total. The van der Waals surface area contributed by atoms with Crippen LogP contribution in [-0.2, 0) is 4.79 Å². The van der Waals surface area contributed by atoms with E-state index in [0.29, 0.717) is 4.90 Å². The van der Waals surface area contributed by atoms with Gasteiger partial charge in [0.2, 0.25) is 0 Å². The highest BCUT2D eigenvalue weighted by molar-refractivity contribution is 6.30. The summed E-state index contributed by atoms with van der Waals surface area (Å²) in [5.74, 6) is -2.62. The third-order valence-electron chi connectivity index (χ3n) is 2.95. The number of carbonyl (C=O) groups is 2. The maximum atomic E-state index is 12.7. The molecule has 0 radical (unpaired) electrons. The molecule has 1 heterocycles. The first kappa shape index (κ1) is 15.6. The van der Waals surface area contributed by atoms with Crippen LogP contribution in [0.4, 0.5) is 18.9 Å². The summed E-state index contributed by atoms with van der Waals surface area (Å²) in [5, 5.41) is 0. The second kappa shape index (κ2) is 5.55. The fourth-order valence-electron chi connectivity index (χ4n) is 2.03. The van der Waals surface area contributed by atoms with Crippen LogP contribution in [0, 0.1) is 0 Å². The third kappa shape index (κ3) is 3.12. The summed E-state index contributed by atoms with van der Waals surface area (Å²) in [6, 6.07) is 3.95. The summed E-state index contributed by atoms with van der Waals surface area (Å²) in [6.45, 7) is 1.31. The van der Waals surface area contributed by atoms with Gasteiger partial charge in [0.1, 0.15) is 11.9 Å². The molecule has 0 fully saturated rings. The molecule has 1 amide bonds. The second-order valence-corrected chi connectivity index (χ2v) is 4.85. The van der Waals surface area contributed by atoms with E-state index >= 15 is 0 Å². The topological polar surface area (TPSA) is 46.6 Å². The van der Waals surface area contributed by atoms with Crippen LogP contribution in [0.2, 0.25) is 0 Å². The number of benzene rings is 1.